The first-order valence-electron chi connectivity index (χ1n) is 8.29. The van der Waals surface area contributed by atoms with Gasteiger partial charge in [-0.25, -0.2) is 4.98 Å². The molecule has 0 radical (unpaired) electrons. The third kappa shape index (κ3) is 4.60. The largest absolute Gasteiger partial charge is 0.497 e. The minimum absolute atomic E-state index is 0.677. The van der Waals surface area contributed by atoms with Crippen LogP contribution in [0, 0.1) is 0 Å². The summed E-state index contributed by atoms with van der Waals surface area (Å²) < 4.78 is 10.5. The first-order valence-corrected chi connectivity index (χ1v) is 8.29. The molecule has 5 nitrogen and oxygen atoms in total. The lowest BCUT2D eigenvalue weighted by Crippen LogP contribution is -2.09. The van der Waals surface area contributed by atoms with Gasteiger partial charge >= 0.3 is 0 Å². The first kappa shape index (κ1) is 17.5. The van der Waals surface area contributed by atoms with Gasteiger partial charge in [-0.15, -0.1) is 0 Å². The van der Waals surface area contributed by atoms with Gasteiger partial charge in [-0.05, 0) is 59.7 Å². The second-order valence-electron chi connectivity index (χ2n) is 5.64. The minimum Gasteiger partial charge on any atom is -0.497 e. The molecular formula is C21H21N3O2. The number of methoxy groups -OCH3 is 2. The molecule has 1 heterocycles. The molecule has 2 aromatic carbocycles. The summed E-state index contributed by atoms with van der Waals surface area (Å²) >= 11 is 0. The molecule has 26 heavy (non-hydrogen) atoms. The minimum atomic E-state index is 0.677. The predicted molar refractivity (Wildman–Crippen MR) is 104 cm³/mol. The highest BCUT2D eigenvalue weighted by Gasteiger charge is 2.07. The van der Waals surface area contributed by atoms with E-state index in [1.165, 1.54) is 0 Å². The molecule has 0 aliphatic heterocycles. The molecule has 0 aliphatic rings. The van der Waals surface area contributed by atoms with E-state index in [9.17, 15) is 0 Å². The summed E-state index contributed by atoms with van der Waals surface area (Å²) in [5, 5.41) is 4.59. The monoisotopic (exact) mass is 347 g/mol. The fraction of sp³-hybridized carbons (Fsp3) is 0.143. The zero-order chi connectivity index (χ0) is 18.2. The van der Waals surface area contributed by atoms with Crippen LogP contribution in [0.1, 0.15) is 11.1 Å². The standard InChI is InChI=1S/C21H21N3O2/c1-25-18-10-6-16(7-11-18)15-20(17-8-12-19(26-2)13-9-17)23-24-21-5-3-4-14-22-21/h3-14H,15H2,1-2H3,(H,22,24)/b23-20+. The van der Waals surface area contributed by atoms with E-state index in [-0.39, 0.29) is 0 Å². The van der Waals surface area contributed by atoms with Crippen LogP contribution < -0.4 is 14.9 Å². The van der Waals surface area contributed by atoms with Gasteiger partial charge in [0.15, 0.2) is 0 Å². The summed E-state index contributed by atoms with van der Waals surface area (Å²) in [4.78, 5) is 4.25. The number of rotatable bonds is 7. The van der Waals surface area contributed by atoms with Crippen molar-refractivity contribution in [3.63, 3.8) is 0 Å². The van der Waals surface area contributed by atoms with Crippen molar-refractivity contribution in [3.8, 4) is 11.5 Å². The van der Waals surface area contributed by atoms with E-state index in [2.05, 4.69) is 15.5 Å². The molecule has 0 amide bonds. The average molecular weight is 347 g/mol. The topological polar surface area (TPSA) is 55.7 Å². The van der Waals surface area contributed by atoms with Crippen molar-refractivity contribution in [2.24, 2.45) is 5.10 Å². The van der Waals surface area contributed by atoms with Crippen LogP contribution in [-0.4, -0.2) is 24.9 Å². The zero-order valence-corrected chi connectivity index (χ0v) is 14.8. The summed E-state index contributed by atoms with van der Waals surface area (Å²) in [5.41, 5.74) is 6.10. The van der Waals surface area contributed by atoms with Gasteiger partial charge in [-0.2, -0.15) is 5.10 Å². The molecule has 0 saturated heterocycles. The molecule has 0 saturated carbocycles. The Morgan fingerprint density at radius 2 is 1.54 bits per heavy atom. The molecule has 0 aliphatic carbocycles. The van der Waals surface area contributed by atoms with Crippen LogP contribution in [0.25, 0.3) is 0 Å². The van der Waals surface area contributed by atoms with E-state index < -0.39 is 0 Å². The van der Waals surface area contributed by atoms with Crippen molar-refractivity contribution in [1.82, 2.24) is 4.98 Å². The number of ether oxygens (including phenoxy) is 2. The number of pyridine rings is 1. The summed E-state index contributed by atoms with van der Waals surface area (Å²) in [5.74, 6) is 2.35. The van der Waals surface area contributed by atoms with Crippen molar-refractivity contribution < 1.29 is 9.47 Å². The van der Waals surface area contributed by atoms with Crippen LogP contribution in [0.3, 0.4) is 0 Å². The SMILES string of the molecule is COc1ccc(C/C(=N\Nc2ccccn2)c2ccc(OC)cc2)cc1. The van der Waals surface area contributed by atoms with Crippen LogP contribution in [0.4, 0.5) is 5.82 Å². The van der Waals surface area contributed by atoms with Crippen LogP contribution in [0.5, 0.6) is 11.5 Å². The van der Waals surface area contributed by atoms with E-state index >= 15 is 0 Å². The number of aromatic nitrogens is 1. The first-order chi connectivity index (χ1) is 12.8. The van der Waals surface area contributed by atoms with Gasteiger partial charge in [0, 0.05) is 12.6 Å². The molecule has 0 spiro atoms. The van der Waals surface area contributed by atoms with Crippen LogP contribution in [0.2, 0.25) is 0 Å². The van der Waals surface area contributed by atoms with Gasteiger partial charge in [0.1, 0.15) is 17.3 Å². The quantitative estimate of drug-likeness (QED) is 0.515. The molecule has 1 N–H and O–H groups in total. The lowest BCUT2D eigenvalue weighted by molar-refractivity contribution is 0.414. The Bertz CT molecular complexity index is 845. The average Bonchev–Trinajstić information content (AvgIpc) is 2.72. The van der Waals surface area contributed by atoms with Gasteiger partial charge < -0.3 is 9.47 Å². The third-order valence-corrected chi connectivity index (χ3v) is 3.92. The highest BCUT2D eigenvalue weighted by Crippen LogP contribution is 2.17. The normalized spacial score (nSPS) is 11.1. The second-order valence-corrected chi connectivity index (χ2v) is 5.64. The Hall–Kier alpha value is -3.34. The number of hydrogen-bond acceptors (Lipinski definition) is 5. The second kappa shape index (κ2) is 8.67. The summed E-state index contributed by atoms with van der Waals surface area (Å²) in [7, 11) is 3.32. The smallest absolute Gasteiger partial charge is 0.146 e. The molecule has 0 bridgehead atoms. The summed E-state index contributed by atoms with van der Waals surface area (Å²) in [6, 6.07) is 21.5. The van der Waals surface area contributed by atoms with Gasteiger partial charge in [0.25, 0.3) is 0 Å². The number of anilines is 1. The van der Waals surface area contributed by atoms with Crippen LogP contribution in [-0.2, 0) is 6.42 Å². The van der Waals surface area contributed by atoms with Gasteiger partial charge in [0.05, 0.1) is 19.9 Å². The third-order valence-electron chi connectivity index (χ3n) is 3.92. The summed E-state index contributed by atoms with van der Waals surface area (Å²) in [6.07, 6.45) is 2.41. The maximum absolute atomic E-state index is 5.24. The molecule has 0 atom stereocenters. The van der Waals surface area contributed by atoms with E-state index in [0.717, 1.165) is 28.3 Å². The highest BCUT2D eigenvalue weighted by molar-refractivity contribution is 6.02. The molecule has 3 rings (SSSR count). The van der Waals surface area contributed by atoms with Gasteiger partial charge in [0.2, 0.25) is 0 Å². The lowest BCUT2D eigenvalue weighted by Gasteiger charge is -2.10. The Morgan fingerprint density at radius 1 is 0.885 bits per heavy atom. The van der Waals surface area contributed by atoms with Gasteiger partial charge in [-0.3, -0.25) is 5.43 Å². The van der Waals surface area contributed by atoms with Crippen LogP contribution >= 0.6 is 0 Å². The Labute approximate surface area is 153 Å². The Morgan fingerprint density at radius 3 is 2.12 bits per heavy atom. The number of nitrogens with zero attached hydrogens (tertiary/aromatic N) is 2. The molecule has 132 valence electrons. The lowest BCUT2D eigenvalue weighted by atomic mass is 10.0. The predicted octanol–water partition coefficient (Wildman–Crippen LogP) is 4.16. The van der Waals surface area contributed by atoms with E-state index in [1.54, 1.807) is 20.4 Å². The van der Waals surface area contributed by atoms with Crippen molar-refractivity contribution >= 4 is 11.5 Å². The molecule has 0 fully saturated rings. The molecule has 0 unspecified atom stereocenters. The summed E-state index contributed by atoms with van der Waals surface area (Å²) in [6.45, 7) is 0. The molecular weight excluding hydrogens is 326 g/mol. The fourth-order valence-electron chi connectivity index (χ4n) is 2.48. The van der Waals surface area contributed by atoms with E-state index in [1.807, 2.05) is 66.7 Å². The molecule has 1 aromatic heterocycles. The Kier molecular flexibility index (Phi) is 5.83. The van der Waals surface area contributed by atoms with E-state index in [0.29, 0.717) is 12.2 Å². The van der Waals surface area contributed by atoms with Gasteiger partial charge in [-0.1, -0.05) is 18.2 Å². The Balaban J connectivity index is 1.86. The van der Waals surface area contributed by atoms with Crippen molar-refractivity contribution in [2.75, 3.05) is 19.6 Å². The fourth-order valence-corrected chi connectivity index (χ4v) is 2.48. The number of hydrogen-bond donors (Lipinski definition) is 1. The number of hydrazone groups is 1. The maximum atomic E-state index is 5.24. The van der Waals surface area contributed by atoms with Crippen molar-refractivity contribution in [2.45, 2.75) is 6.42 Å². The van der Waals surface area contributed by atoms with E-state index in [4.69, 9.17) is 9.47 Å². The molecule has 5 heteroatoms. The highest BCUT2D eigenvalue weighted by atomic mass is 16.5. The van der Waals surface area contributed by atoms with Crippen LogP contribution in [0.15, 0.2) is 78.0 Å². The number of benzene rings is 2. The maximum Gasteiger partial charge on any atom is 0.146 e. The molecule has 3 aromatic rings. The van der Waals surface area contributed by atoms with Crippen molar-refractivity contribution in [3.05, 3.63) is 84.1 Å². The zero-order valence-electron chi connectivity index (χ0n) is 14.8. The van der Waals surface area contributed by atoms with Crippen molar-refractivity contribution in [1.29, 1.82) is 0 Å². The number of nitrogens with one attached hydrogen (secondary N) is 1.